The van der Waals surface area contributed by atoms with Gasteiger partial charge in [0.1, 0.15) is 12.6 Å². The van der Waals surface area contributed by atoms with E-state index in [1.54, 1.807) is 24.3 Å². The molecule has 0 bridgehead atoms. The van der Waals surface area contributed by atoms with Crippen LogP contribution >= 0.6 is 11.6 Å². The first kappa shape index (κ1) is 20.4. The first-order chi connectivity index (χ1) is 14.5. The monoisotopic (exact) mass is 426 g/mol. The number of hydrogen-bond donors (Lipinski definition) is 2. The van der Waals surface area contributed by atoms with Crippen molar-refractivity contribution in [3.8, 4) is 0 Å². The Bertz CT molecular complexity index is 952. The van der Waals surface area contributed by atoms with Crippen molar-refractivity contribution < 1.29 is 14.4 Å². The molecule has 2 atom stereocenters. The van der Waals surface area contributed by atoms with Gasteiger partial charge in [0.05, 0.1) is 12.6 Å². The summed E-state index contributed by atoms with van der Waals surface area (Å²) < 4.78 is 0. The van der Waals surface area contributed by atoms with Crippen LogP contribution in [0, 0.1) is 0 Å². The topological polar surface area (TPSA) is 81.8 Å². The molecule has 2 unspecified atom stereocenters. The summed E-state index contributed by atoms with van der Waals surface area (Å²) in [6, 6.07) is 14.9. The van der Waals surface area contributed by atoms with Gasteiger partial charge in [0.25, 0.3) is 0 Å². The number of halogens is 1. The number of anilines is 1. The molecule has 2 aromatic carbocycles. The molecule has 2 fully saturated rings. The highest BCUT2D eigenvalue weighted by Crippen LogP contribution is 2.26. The average Bonchev–Trinajstić information content (AvgIpc) is 2.75. The Labute approximate surface area is 180 Å². The van der Waals surface area contributed by atoms with Crippen LogP contribution in [0.2, 0.25) is 5.02 Å². The van der Waals surface area contributed by atoms with Gasteiger partial charge in [-0.15, -0.1) is 0 Å². The summed E-state index contributed by atoms with van der Waals surface area (Å²) in [6.45, 7) is 0.755. The van der Waals surface area contributed by atoms with Crippen molar-refractivity contribution in [2.75, 3.05) is 18.4 Å². The number of nitrogens with one attached hydrogen (secondary N) is 2. The van der Waals surface area contributed by atoms with Crippen molar-refractivity contribution in [2.24, 2.45) is 0 Å². The Kier molecular flexibility index (Phi) is 6.01. The van der Waals surface area contributed by atoms with Crippen molar-refractivity contribution in [3.63, 3.8) is 0 Å². The van der Waals surface area contributed by atoms with Gasteiger partial charge in [-0.2, -0.15) is 0 Å². The molecule has 0 aliphatic carbocycles. The van der Waals surface area contributed by atoms with E-state index in [4.69, 9.17) is 11.6 Å². The molecule has 2 aromatic rings. The summed E-state index contributed by atoms with van der Waals surface area (Å²) in [6.07, 6.45) is 1.52. The SMILES string of the molecule is O=C(CN1C(=O)N(Cc2ccccc2)C(=O)C2NCCCC21)Nc1cccc(Cl)c1. The van der Waals surface area contributed by atoms with E-state index in [0.29, 0.717) is 23.7 Å². The number of benzene rings is 2. The van der Waals surface area contributed by atoms with E-state index in [1.165, 1.54) is 9.80 Å². The standard InChI is InChI=1S/C22H23ClN4O3/c23-16-8-4-9-17(12-16)25-19(28)14-26-18-10-5-11-24-20(18)21(29)27(22(26)30)13-15-6-2-1-3-7-15/h1-4,6-9,12,18,20,24H,5,10-11,13-14H2,(H,25,28). The molecule has 2 aliphatic heterocycles. The van der Waals surface area contributed by atoms with Gasteiger partial charge in [-0.25, -0.2) is 4.79 Å². The second kappa shape index (κ2) is 8.85. The van der Waals surface area contributed by atoms with Crippen LogP contribution in [0.25, 0.3) is 0 Å². The molecule has 156 valence electrons. The van der Waals surface area contributed by atoms with Crippen LogP contribution in [-0.4, -0.2) is 52.8 Å². The lowest BCUT2D eigenvalue weighted by Gasteiger charge is -2.46. The molecule has 0 spiro atoms. The molecule has 2 N–H and O–H groups in total. The van der Waals surface area contributed by atoms with Crippen molar-refractivity contribution >= 4 is 35.1 Å². The minimum absolute atomic E-state index is 0.132. The van der Waals surface area contributed by atoms with Crippen LogP contribution in [0.1, 0.15) is 18.4 Å². The maximum Gasteiger partial charge on any atom is 0.327 e. The van der Waals surface area contributed by atoms with E-state index in [9.17, 15) is 14.4 Å². The zero-order valence-corrected chi connectivity index (χ0v) is 17.1. The van der Waals surface area contributed by atoms with E-state index in [-0.39, 0.29) is 30.9 Å². The van der Waals surface area contributed by atoms with Gasteiger partial charge >= 0.3 is 6.03 Å². The highest BCUT2D eigenvalue weighted by Gasteiger charge is 2.47. The van der Waals surface area contributed by atoms with Crippen molar-refractivity contribution in [1.29, 1.82) is 0 Å². The molecular weight excluding hydrogens is 404 g/mol. The fraction of sp³-hybridized carbons (Fsp3) is 0.318. The Morgan fingerprint density at radius 2 is 1.93 bits per heavy atom. The molecule has 0 radical (unpaired) electrons. The summed E-state index contributed by atoms with van der Waals surface area (Å²) in [5.74, 6) is -0.566. The molecule has 0 saturated carbocycles. The molecule has 2 saturated heterocycles. The molecule has 7 nitrogen and oxygen atoms in total. The second-order valence-corrected chi connectivity index (χ2v) is 7.96. The number of hydrogen-bond acceptors (Lipinski definition) is 4. The van der Waals surface area contributed by atoms with Crippen molar-refractivity contribution in [2.45, 2.75) is 31.5 Å². The minimum atomic E-state index is -0.501. The van der Waals surface area contributed by atoms with Gasteiger partial charge in [0, 0.05) is 10.7 Å². The fourth-order valence-corrected chi connectivity index (χ4v) is 4.23. The normalized spacial score (nSPS) is 21.4. The van der Waals surface area contributed by atoms with Crippen LogP contribution < -0.4 is 10.6 Å². The predicted molar refractivity (Wildman–Crippen MR) is 114 cm³/mol. The highest BCUT2D eigenvalue weighted by atomic mass is 35.5. The maximum atomic E-state index is 13.2. The third-order valence-electron chi connectivity index (χ3n) is 5.44. The van der Waals surface area contributed by atoms with Crippen molar-refractivity contribution in [1.82, 2.24) is 15.1 Å². The number of carbonyl (C=O) groups excluding carboxylic acids is 3. The Balaban J connectivity index is 1.54. The zero-order valence-electron chi connectivity index (χ0n) is 16.4. The van der Waals surface area contributed by atoms with Crippen LogP contribution in [0.3, 0.4) is 0 Å². The predicted octanol–water partition coefficient (Wildman–Crippen LogP) is 2.86. The minimum Gasteiger partial charge on any atom is -0.324 e. The van der Waals surface area contributed by atoms with E-state index in [1.807, 2.05) is 30.3 Å². The Hall–Kier alpha value is -2.90. The van der Waals surface area contributed by atoms with E-state index in [2.05, 4.69) is 10.6 Å². The first-order valence-electron chi connectivity index (χ1n) is 9.97. The van der Waals surface area contributed by atoms with Crippen LogP contribution in [-0.2, 0) is 16.1 Å². The molecular formula is C22H23ClN4O3. The van der Waals surface area contributed by atoms with E-state index < -0.39 is 12.1 Å². The van der Waals surface area contributed by atoms with Gasteiger partial charge in [0.15, 0.2) is 0 Å². The number of fused-ring (bicyclic) bond motifs is 1. The number of nitrogens with zero attached hydrogens (tertiary/aromatic N) is 2. The zero-order chi connectivity index (χ0) is 21.1. The third kappa shape index (κ3) is 4.32. The summed E-state index contributed by atoms with van der Waals surface area (Å²) in [5, 5.41) is 6.53. The number of imide groups is 1. The number of carbonyl (C=O) groups is 3. The smallest absolute Gasteiger partial charge is 0.324 e. The summed E-state index contributed by atoms with van der Waals surface area (Å²) in [4.78, 5) is 41.7. The maximum absolute atomic E-state index is 13.2. The van der Waals surface area contributed by atoms with Crippen LogP contribution in [0.15, 0.2) is 54.6 Å². The summed E-state index contributed by atoms with van der Waals surface area (Å²) >= 11 is 5.98. The van der Waals surface area contributed by atoms with Gasteiger partial charge in [-0.1, -0.05) is 48.0 Å². The van der Waals surface area contributed by atoms with Gasteiger partial charge in [-0.3, -0.25) is 14.5 Å². The number of rotatable bonds is 5. The number of amides is 4. The summed E-state index contributed by atoms with van der Waals surface area (Å²) in [5.41, 5.74) is 1.42. The highest BCUT2D eigenvalue weighted by molar-refractivity contribution is 6.30. The first-order valence-corrected chi connectivity index (χ1v) is 10.4. The lowest BCUT2D eigenvalue weighted by molar-refractivity contribution is -0.138. The average molecular weight is 427 g/mol. The Morgan fingerprint density at radius 3 is 2.70 bits per heavy atom. The molecule has 4 rings (SSSR count). The lowest BCUT2D eigenvalue weighted by Crippen LogP contribution is -2.70. The largest absolute Gasteiger partial charge is 0.327 e. The van der Waals surface area contributed by atoms with Gasteiger partial charge in [0.2, 0.25) is 11.8 Å². The number of piperidine rings is 1. The molecule has 4 amide bonds. The van der Waals surface area contributed by atoms with Gasteiger partial charge in [-0.05, 0) is 43.1 Å². The molecule has 30 heavy (non-hydrogen) atoms. The second-order valence-electron chi connectivity index (χ2n) is 7.52. The molecule has 2 heterocycles. The summed E-state index contributed by atoms with van der Waals surface area (Å²) in [7, 11) is 0. The molecule has 0 aromatic heterocycles. The fourth-order valence-electron chi connectivity index (χ4n) is 4.04. The Morgan fingerprint density at radius 1 is 1.13 bits per heavy atom. The third-order valence-corrected chi connectivity index (χ3v) is 5.68. The molecule has 8 heteroatoms. The van der Waals surface area contributed by atoms with E-state index in [0.717, 1.165) is 12.0 Å². The van der Waals surface area contributed by atoms with Crippen molar-refractivity contribution in [3.05, 3.63) is 65.2 Å². The molecule has 2 aliphatic rings. The quantitative estimate of drug-likeness (QED) is 0.770. The van der Waals surface area contributed by atoms with Gasteiger partial charge < -0.3 is 15.5 Å². The van der Waals surface area contributed by atoms with E-state index >= 15 is 0 Å². The lowest BCUT2D eigenvalue weighted by atomic mass is 9.93. The van der Waals surface area contributed by atoms with Crippen LogP contribution in [0.4, 0.5) is 10.5 Å². The van der Waals surface area contributed by atoms with Crippen LogP contribution in [0.5, 0.6) is 0 Å². The number of urea groups is 1.